The zero-order chi connectivity index (χ0) is 13.3. The Morgan fingerprint density at radius 1 is 1.50 bits per heavy atom. The molecule has 1 fully saturated rings. The lowest BCUT2D eigenvalue weighted by molar-refractivity contribution is -0.154. The number of hydrogen-bond donors (Lipinski definition) is 1. The van der Waals surface area contributed by atoms with E-state index in [1.807, 2.05) is 6.92 Å². The number of hydrogen-bond acceptors (Lipinski definition) is 5. The molecular weight excluding hydrogens is 256 g/mol. The van der Waals surface area contributed by atoms with Gasteiger partial charge in [0.2, 0.25) is 0 Å². The number of aliphatic carboxylic acids is 1. The number of carboxylic acids is 1. The van der Waals surface area contributed by atoms with E-state index in [1.165, 1.54) is 16.2 Å². The van der Waals surface area contributed by atoms with Crippen LogP contribution in [0.1, 0.15) is 20.4 Å². The maximum absolute atomic E-state index is 12.2. The topological polar surface area (TPSA) is 79.7 Å². The number of aromatic nitrogens is 1. The third kappa shape index (κ3) is 2.51. The van der Waals surface area contributed by atoms with E-state index in [2.05, 4.69) is 4.98 Å². The van der Waals surface area contributed by atoms with E-state index in [0.29, 0.717) is 17.1 Å². The number of carbonyl (C=O) groups excluding carboxylic acids is 1. The van der Waals surface area contributed by atoms with Crippen molar-refractivity contribution in [3.05, 3.63) is 15.6 Å². The van der Waals surface area contributed by atoms with E-state index < -0.39 is 12.1 Å². The van der Waals surface area contributed by atoms with Crippen molar-refractivity contribution in [2.24, 2.45) is 0 Å². The largest absolute Gasteiger partial charge is 0.479 e. The van der Waals surface area contributed by atoms with E-state index in [-0.39, 0.29) is 19.1 Å². The predicted molar refractivity (Wildman–Crippen MR) is 64.9 cm³/mol. The number of aryl methyl sites for hydroxylation is 2. The van der Waals surface area contributed by atoms with Crippen molar-refractivity contribution in [1.82, 2.24) is 9.88 Å². The molecule has 98 valence electrons. The standard InChI is InChI=1S/C11H14N2O4S/c1-6-9(18-7(2)12-6)10(14)13-3-4-17-8(5-13)11(15)16/h8H,3-5H2,1-2H3,(H,15,16)/t8-/m0/s1. The summed E-state index contributed by atoms with van der Waals surface area (Å²) in [6, 6.07) is 0. The number of carbonyl (C=O) groups is 2. The smallest absolute Gasteiger partial charge is 0.334 e. The first-order chi connectivity index (χ1) is 8.49. The fraction of sp³-hybridized carbons (Fsp3) is 0.545. The number of ether oxygens (including phenoxy) is 1. The van der Waals surface area contributed by atoms with Crippen LogP contribution in [0.3, 0.4) is 0 Å². The van der Waals surface area contributed by atoms with E-state index in [9.17, 15) is 9.59 Å². The Labute approximate surface area is 108 Å². The van der Waals surface area contributed by atoms with E-state index in [1.54, 1.807) is 6.92 Å². The average Bonchev–Trinajstić information content (AvgIpc) is 2.67. The number of morpholine rings is 1. The molecule has 18 heavy (non-hydrogen) atoms. The van der Waals surface area contributed by atoms with Gasteiger partial charge in [0.25, 0.3) is 5.91 Å². The molecule has 6 nitrogen and oxygen atoms in total. The van der Waals surface area contributed by atoms with Crippen LogP contribution in [-0.4, -0.2) is 52.7 Å². The number of carboxylic acid groups (broad SMARTS) is 1. The lowest BCUT2D eigenvalue weighted by atomic mass is 10.2. The zero-order valence-electron chi connectivity index (χ0n) is 10.2. The second kappa shape index (κ2) is 5.03. The monoisotopic (exact) mass is 270 g/mol. The van der Waals surface area contributed by atoms with Crippen LogP contribution in [0.2, 0.25) is 0 Å². The summed E-state index contributed by atoms with van der Waals surface area (Å²) in [7, 11) is 0. The van der Waals surface area contributed by atoms with E-state index in [0.717, 1.165) is 5.01 Å². The van der Waals surface area contributed by atoms with Gasteiger partial charge in [0.1, 0.15) is 4.88 Å². The lowest BCUT2D eigenvalue weighted by Gasteiger charge is -2.30. The zero-order valence-corrected chi connectivity index (χ0v) is 11.0. The van der Waals surface area contributed by atoms with E-state index >= 15 is 0 Å². The van der Waals surface area contributed by atoms with Gasteiger partial charge in [0.15, 0.2) is 6.10 Å². The van der Waals surface area contributed by atoms with Gasteiger partial charge in [-0.05, 0) is 13.8 Å². The molecule has 1 aliphatic heterocycles. The van der Waals surface area contributed by atoms with Crippen LogP contribution in [0.25, 0.3) is 0 Å². The molecular formula is C11H14N2O4S. The highest BCUT2D eigenvalue weighted by Crippen LogP contribution is 2.20. The maximum Gasteiger partial charge on any atom is 0.334 e. The summed E-state index contributed by atoms with van der Waals surface area (Å²) >= 11 is 1.34. The quantitative estimate of drug-likeness (QED) is 0.855. The average molecular weight is 270 g/mol. The Morgan fingerprint density at radius 2 is 2.22 bits per heavy atom. The lowest BCUT2D eigenvalue weighted by Crippen LogP contribution is -2.48. The number of amides is 1. The van der Waals surface area contributed by atoms with Crippen LogP contribution in [0.5, 0.6) is 0 Å². The van der Waals surface area contributed by atoms with Gasteiger partial charge in [0.05, 0.1) is 23.9 Å². The first-order valence-corrected chi connectivity index (χ1v) is 6.38. The molecule has 1 aromatic rings. The molecule has 0 aromatic carbocycles. The molecule has 1 aliphatic rings. The first kappa shape index (κ1) is 13.0. The molecule has 1 atom stereocenters. The molecule has 2 heterocycles. The van der Waals surface area contributed by atoms with Crippen molar-refractivity contribution in [1.29, 1.82) is 0 Å². The minimum absolute atomic E-state index is 0.0879. The van der Waals surface area contributed by atoms with Crippen LogP contribution in [-0.2, 0) is 9.53 Å². The number of thiazole rings is 1. The summed E-state index contributed by atoms with van der Waals surface area (Å²) in [4.78, 5) is 29.4. The van der Waals surface area contributed by atoms with Crippen LogP contribution in [0.4, 0.5) is 0 Å². The van der Waals surface area contributed by atoms with Gasteiger partial charge in [-0.1, -0.05) is 0 Å². The molecule has 0 saturated carbocycles. The first-order valence-electron chi connectivity index (χ1n) is 5.56. The Morgan fingerprint density at radius 3 is 2.78 bits per heavy atom. The summed E-state index contributed by atoms with van der Waals surface area (Å²) in [5.74, 6) is -1.20. The molecule has 0 spiro atoms. The van der Waals surface area contributed by atoms with Crippen LogP contribution < -0.4 is 0 Å². The van der Waals surface area contributed by atoms with Crippen LogP contribution >= 0.6 is 11.3 Å². The third-order valence-electron chi connectivity index (χ3n) is 2.73. The Bertz CT molecular complexity index is 485. The molecule has 7 heteroatoms. The van der Waals surface area contributed by atoms with Gasteiger partial charge >= 0.3 is 5.97 Å². The molecule has 1 N–H and O–H groups in total. The van der Waals surface area contributed by atoms with Crippen molar-refractivity contribution in [3.8, 4) is 0 Å². The fourth-order valence-corrected chi connectivity index (χ4v) is 2.74. The van der Waals surface area contributed by atoms with E-state index in [4.69, 9.17) is 9.84 Å². The third-order valence-corrected chi connectivity index (χ3v) is 3.79. The predicted octanol–water partition coefficient (Wildman–Crippen LogP) is 0.686. The molecule has 1 saturated heterocycles. The molecule has 0 radical (unpaired) electrons. The van der Waals surface area contributed by atoms with Gasteiger partial charge in [-0.25, -0.2) is 9.78 Å². The normalized spacial score (nSPS) is 19.9. The molecule has 0 bridgehead atoms. The van der Waals surface area contributed by atoms with Gasteiger partial charge < -0.3 is 14.7 Å². The molecule has 0 unspecified atom stereocenters. The highest BCUT2D eigenvalue weighted by atomic mass is 32.1. The minimum atomic E-state index is -1.04. The molecule has 2 rings (SSSR count). The summed E-state index contributed by atoms with van der Waals surface area (Å²) in [5, 5.41) is 9.73. The van der Waals surface area contributed by atoms with Gasteiger partial charge in [-0.3, -0.25) is 4.79 Å². The van der Waals surface area contributed by atoms with Crippen molar-refractivity contribution in [2.45, 2.75) is 20.0 Å². The van der Waals surface area contributed by atoms with Gasteiger partial charge in [0, 0.05) is 6.54 Å². The Balaban J connectivity index is 2.14. The second-order valence-corrected chi connectivity index (χ2v) is 5.30. The van der Waals surface area contributed by atoms with Gasteiger partial charge in [-0.2, -0.15) is 0 Å². The molecule has 0 aliphatic carbocycles. The summed E-state index contributed by atoms with van der Waals surface area (Å²) in [5.41, 5.74) is 0.695. The summed E-state index contributed by atoms with van der Waals surface area (Å²) in [6.45, 7) is 4.38. The number of nitrogens with zero attached hydrogens (tertiary/aromatic N) is 2. The van der Waals surface area contributed by atoms with Gasteiger partial charge in [-0.15, -0.1) is 11.3 Å². The Hall–Kier alpha value is -1.47. The SMILES string of the molecule is Cc1nc(C)c(C(=O)N2CCO[C@H](C(=O)O)C2)s1. The molecule has 1 aromatic heterocycles. The fourth-order valence-electron chi connectivity index (χ4n) is 1.86. The second-order valence-electron chi connectivity index (χ2n) is 4.10. The summed E-state index contributed by atoms with van der Waals surface area (Å²) < 4.78 is 5.09. The van der Waals surface area contributed by atoms with Crippen molar-refractivity contribution < 1.29 is 19.4 Å². The van der Waals surface area contributed by atoms with Crippen molar-refractivity contribution in [2.75, 3.05) is 19.7 Å². The number of rotatable bonds is 2. The summed E-state index contributed by atoms with van der Waals surface area (Å²) in [6.07, 6.45) is -0.933. The minimum Gasteiger partial charge on any atom is -0.479 e. The highest BCUT2D eigenvalue weighted by molar-refractivity contribution is 7.13. The van der Waals surface area contributed by atoms with Crippen molar-refractivity contribution in [3.63, 3.8) is 0 Å². The Kier molecular flexibility index (Phi) is 3.63. The molecule has 1 amide bonds. The van der Waals surface area contributed by atoms with Crippen LogP contribution in [0, 0.1) is 13.8 Å². The van der Waals surface area contributed by atoms with Crippen LogP contribution in [0.15, 0.2) is 0 Å². The maximum atomic E-state index is 12.2. The highest BCUT2D eigenvalue weighted by Gasteiger charge is 2.30. The van der Waals surface area contributed by atoms with Crippen molar-refractivity contribution >= 4 is 23.2 Å².